The minimum absolute atomic E-state index is 0.0324. The molecule has 0 aromatic carbocycles. The number of rotatable bonds is 4. The molecule has 4 N–H and O–H groups in total. The van der Waals surface area contributed by atoms with E-state index >= 15 is 0 Å². The highest BCUT2D eigenvalue weighted by molar-refractivity contribution is 5.50. The molecule has 27 heavy (non-hydrogen) atoms. The number of hydrogen-bond acceptors (Lipinski definition) is 8. The molecular weight excluding hydrogens is 369 g/mol. The first kappa shape index (κ1) is 20.2. The van der Waals surface area contributed by atoms with Gasteiger partial charge in [0.25, 0.3) is 0 Å². The molecule has 0 unspecified atom stereocenters. The number of anilines is 1. The van der Waals surface area contributed by atoms with Crippen LogP contribution in [0.25, 0.3) is 0 Å². The molecule has 2 aliphatic heterocycles. The van der Waals surface area contributed by atoms with Gasteiger partial charge in [-0.15, -0.1) is 0 Å². The monoisotopic (exact) mass is 392 g/mol. The predicted octanol–water partition coefficient (Wildman–Crippen LogP) is -0.919. The normalized spacial score (nSPS) is 32.9. The number of aromatic nitrogens is 2. The van der Waals surface area contributed by atoms with E-state index in [9.17, 15) is 33.6 Å². The maximum atomic E-state index is 13.2. The van der Waals surface area contributed by atoms with Crippen LogP contribution in [0, 0.1) is 5.92 Å². The SMILES string of the molecule is OC[C@@H]1[C@@H](O)[C@H](O)[C@@H](O)CN1C[C@@H]1CCN(c2cncnc2C(F)(F)F)C1. The van der Waals surface area contributed by atoms with E-state index in [0.29, 0.717) is 26.1 Å². The second kappa shape index (κ2) is 7.84. The number of hydrogen-bond donors (Lipinski definition) is 4. The fourth-order valence-electron chi connectivity index (χ4n) is 3.89. The molecular formula is C16H23F3N4O4. The van der Waals surface area contributed by atoms with Gasteiger partial charge in [-0.25, -0.2) is 9.97 Å². The van der Waals surface area contributed by atoms with Gasteiger partial charge in [-0.1, -0.05) is 0 Å². The van der Waals surface area contributed by atoms with Crippen LogP contribution in [0.3, 0.4) is 0 Å². The Morgan fingerprint density at radius 3 is 2.56 bits per heavy atom. The average Bonchev–Trinajstić information content (AvgIpc) is 3.08. The number of β-amino-alcohol motifs (C(OH)–C–C–N with tert-alkyl or cyclic N) is 1. The lowest BCUT2D eigenvalue weighted by Gasteiger charge is -2.44. The van der Waals surface area contributed by atoms with Crippen molar-refractivity contribution < 1.29 is 33.6 Å². The zero-order valence-electron chi connectivity index (χ0n) is 14.5. The summed E-state index contributed by atoms with van der Waals surface area (Å²) in [6.45, 7) is 0.776. The van der Waals surface area contributed by atoms with E-state index in [0.717, 1.165) is 12.5 Å². The number of nitrogens with zero attached hydrogens (tertiary/aromatic N) is 4. The molecule has 2 aliphatic rings. The van der Waals surface area contributed by atoms with Crippen LogP contribution >= 0.6 is 0 Å². The highest BCUT2D eigenvalue weighted by Crippen LogP contribution is 2.36. The molecule has 1 aromatic rings. The minimum atomic E-state index is -4.57. The van der Waals surface area contributed by atoms with Crippen LogP contribution in [0.15, 0.2) is 12.5 Å². The second-order valence-electron chi connectivity index (χ2n) is 7.11. The van der Waals surface area contributed by atoms with Gasteiger partial charge in [0.2, 0.25) is 0 Å². The Labute approximate surface area is 153 Å². The molecule has 0 aliphatic carbocycles. The Balaban J connectivity index is 1.69. The summed E-state index contributed by atoms with van der Waals surface area (Å²) in [5, 5.41) is 39.2. The van der Waals surface area contributed by atoms with E-state index in [1.54, 1.807) is 9.80 Å². The van der Waals surface area contributed by atoms with Crippen LogP contribution < -0.4 is 4.90 Å². The fraction of sp³-hybridized carbons (Fsp3) is 0.750. The summed E-state index contributed by atoms with van der Waals surface area (Å²) in [6, 6.07) is -0.733. The quantitative estimate of drug-likeness (QED) is 0.521. The molecule has 152 valence electrons. The topological polar surface area (TPSA) is 113 Å². The molecule has 3 rings (SSSR count). The van der Waals surface area contributed by atoms with Gasteiger partial charge in [-0.2, -0.15) is 13.2 Å². The molecule has 3 heterocycles. The molecule has 0 saturated carbocycles. The Hall–Kier alpha value is -1.53. The molecule has 1 aromatic heterocycles. The van der Waals surface area contributed by atoms with Crippen molar-refractivity contribution in [2.45, 2.75) is 37.0 Å². The van der Waals surface area contributed by atoms with Crippen LogP contribution in [0.5, 0.6) is 0 Å². The van der Waals surface area contributed by atoms with Crippen molar-refractivity contribution in [3.05, 3.63) is 18.2 Å². The second-order valence-corrected chi connectivity index (χ2v) is 7.11. The van der Waals surface area contributed by atoms with Crippen LogP contribution in [0.2, 0.25) is 0 Å². The van der Waals surface area contributed by atoms with Crippen molar-refractivity contribution in [1.29, 1.82) is 0 Å². The molecule has 5 atom stereocenters. The third kappa shape index (κ3) is 4.16. The molecule has 0 amide bonds. The Kier molecular flexibility index (Phi) is 5.87. The molecule has 8 nitrogen and oxygen atoms in total. The van der Waals surface area contributed by atoms with Crippen molar-refractivity contribution >= 4 is 5.69 Å². The largest absolute Gasteiger partial charge is 0.435 e. The smallest absolute Gasteiger partial charge is 0.395 e. The lowest BCUT2D eigenvalue weighted by Crippen LogP contribution is -2.63. The first-order valence-corrected chi connectivity index (χ1v) is 8.73. The van der Waals surface area contributed by atoms with Crippen LogP contribution in [-0.2, 0) is 6.18 Å². The van der Waals surface area contributed by atoms with E-state index in [4.69, 9.17) is 0 Å². The molecule has 2 fully saturated rings. The van der Waals surface area contributed by atoms with E-state index in [1.165, 1.54) is 0 Å². The maximum absolute atomic E-state index is 13.2. The lowest BCUT2D eigenvalue weighted by molar-refractivity contribution is -0.147. The zero-order valence-corrected chi connectivity index (χ0v) is 14.5. The van der Waals surface area contributed by atoms with Crippen LogP contribution in [-0.4, -0.2) is 92.4 Å². The average molecular weight is 392 g/mol. The van der Waals surface area contributed by atoms with Gasteiger partial charge in [0.05, 0.1) is 30.6 Å². The summed E-state index contributed by atoms with van der Waals surface area (Å²) in [5.74, 6) is -0.0324. The van der Waals surface area contributed by atoms with Gasteiger partial charge in [-0.05, 0) is 12.3 Å². The highest BCUT2D eigenvalue weighted by atomic mass is 19.4. The maximum Gasteiger partial charge on any atom is 0.435 e. The van der Waals surface area contributed by atoms with Crippen molar-refractivity contribution in [1.82, 2.24) is 14.9 Å². The predicted molar refractivity (Wildman–Crippen MR) is 87.8 cm³/mol. The Morgan fingerprint density at radius 2 is 1.89 bits per heavy atom. The number of aliphatic hydroxyl groups is 4. The molecule has 2 saturated heterocycles. The van der Waals surface area contributed by atoms with E-state index in [2.05, 4.69) is 9.97 Å². The van der Waals surface area contributed by atoms with E-state index in [1.807, 2.05) is 0 Å². The Morgan fingerprint density at radius 1 is 1.15 bits per heavy atom. The molecule has 0 bridgehead atoms. The summed E-state index contributed by atoms with van der Waals surface area (Å²) in [5.41, 5.74) is -1.04. The van der Waals surface area contributed by atoms with Gasteiger partial charge in [0.1, 0.15) is 18.5 Å². The first-order valence-electron chi connectivity index (χ1n) is 8.73. The molecule has 11 heteroatoms. The summed E-state index contributed by atoms with van der Waals surface area (Å²) >= 11 is 0. The minimum Gasteiger partial charge on any atom is -0.395 e. The number of aliphatic hydroxyl groups excluding tert-OH is 4. The van der Waals surface area contributed by atoms with Gasteiger partial charge in [-0.3, -0.25) is 4.90 Å². The summed E-state index contributed by atoms with van der Waals surface area (Å²) < 4.78 is 39.5. The Bertz CT molecular complexity index is 650. The summed E-state index contributed by atoms with van der Waals surface area (Å²) in [7, 11) is 0. The van der Waals surface area contributed by atoms with E-state index < -0.39 is 42.8 Å². The van der Waals surface area contributed by atoms with Crippen molar-refractivity contribution in [3.63, 3.8) is 0 Å². The molecule has 0 radical (unpaired) electrons. The number of alkyl halides is 3. The fourth-order valence-corrected chi connectivity index (χ4v) is 3.89. The van der Waals surface area contributed by atoms with Gasteiger partial charge >= 0.3 is 6.18 Å². The van der Waals surface area contributed by atoms with E-state index in [-0.39, 0.29) is 18.2 Å². The zero-order chi connectivity index (χ0) is 19.8. The third-order valence-electron chi connectivity index (χ3n) is 5.30. The van der Waals surface area contributed by atoms with Gasteiger partial charge < -0.3 is 25.3 Å². The number of halogens is 3. The lowest BCUT2D eigenvalue weighted by atomic mass is 9.93. The standard InChI is InChI=1S/C16H23F3N4O4/c17-16(18,19)15-10(3-20-8-21-15)22-2-1-9(4-22)5-23-6-12(25)14(27)13(26)11(23)7-24/h3,8-9,11-14,24-27H,1-2,4-7H2/t9-,11-,12+,13-,14-/m1/s1. The van der Waals surface area contributed by atoms with Crippen molar-refractivity contribution in [3.8, 4) is 0 Å². The van der Waals surface area contributed by atoms with Crippen LogP contribution in [0.4, 0.5) is 18.9 Å². The van der Waals surface area contributed by atoms with Crippen molar-refractivity contribution in [2.24, 2.45) is 5.92 Å². The summed E-state index contributed by atoms with van der Waals surface area (Å²) in [4.78, 5) is 10.3. The van der Waals surface area contributed by atoms with Crippen LogP contribution in [0.1, 0.15) is 12.1 Å². The van der Waals surface area contributed by atoms with Gasteiger partial charge in [0.15, 0.2) is 5.69 Å². The third-order valence-corrected chi connectivity index (χ3v) is 5.30. The first-order chi connectivity index (χ1) is 12.7. The number of likely N-dealkylation sites (tertiary alicyclic amines) is 1. The van der Waals surface area contributed by atoms with Gasteiger partial charge in [0, 0.05) is 26.2 Å². The highest BCUT2D eigenvalue weighted by Gasteiger charge is 2.43. The number of piperidine rings is 1. The summed E-state index contributed by atoms with van der Waals surface area (Å²) in [6.07, 6.45) is -5.73. The van der Waals surface area contributed by atoms with Crippen molar-refractivity contribution in [2.75, 3.05) is 37.7 Å². The molecule has 0 spiro atoms.